The highest BCUT2D eigenvalue weighted by Gasteiger charge is 2.24. The second-order valence-electron chi connectivity index (χ2n) is 7.94. The molecule has 0 bridgehead atoms. The van der Waals surface area contributed by atoms with Crippen molar-refractivity contribution in [1.29, 1.82) is 5.26 Å². The molecule has 4 rings (SSSR count). The largest absolute Gasteiger partial charge is 0.497 e. The highest BCUT2D eigenvalue weighted by molar-refractivity contribution is 7.15. The SMILES string of the molecule is CCOC(=O)c1c(-c2ccc(OC)cc2)csc1NC(=O)/C(C#N)=C/c1ccc(-c2cccc([N+](=O)[O-])c2)o1. The third-order valence-corrected chi connectivity index (χ3v) is 6.41. The number of rotatable bonds is 9. The van der Waals surface area contributed by atoms with Crippen molar-refractivity contribution < 1.29 is 28.4 Å². The van der Waals surface area contributed by atoms with Crippen LogP contribution >= 0.6 is 11.3 Å². The molecular weight excluding hydrogens is 522 g/mol. The van der Waals surface area contributed by atoms with Crippen LogP contribution in [0.4, 0.5) is 10.7 Å². The Kier molecular flexibility index (Phi) is 8.18. The predicted molar refractivity (Wildman–Crippen MR) is 145 cm³/mol. The zero-order chi connectivity index (χ0) is 27.9. The van der Waals surface area contributed by atoms with Gasteiger partial charge in [-0.05, 0) is 36.8 Å². The number of methoxy groups -OCH3 is 1. The molecule has 0 spiro atoms. The Morgan fingerprint density at radius 3 is 2.59 bits per heavy atom. The van der Waals surface area contributed by atoms with Crippen LogP contribution in [0.3, 0.4) is 0 Å². The lowest BCUT2D eigenvalue weighted by Gasteiger charge is -2.09. The number of esters is 1. The monoisotopic (exact) mass is 543 g/mol. The second kappa shape index (κ2) is 11.9. The molecule has 2 aromatic heterocycles. The number of anilines is 1. The van der Waals surface area contributed by atoms with Crippen molar-refractivity contribution in [2.45, 2.75) is 6.92 Å². The molecule has 0 fully saturated rings. The average molecular weight is 544 g/mol. The highest BCUT2D eigenvalue weighted by Crippen LogP contribution is 2.37. The minimum atomic E-state index is -0.750. The van der Waals surface area contributed by atoms with Gasteiger partial charge in [0.05, 0.1) is 18.6 Å². The standard InChI is InChI=1S/C28H21N3O7S/c1-3-37-28(33)25-23(17-7-9-21(36-2)10-8-17)16-39-27(25)30-26(32)19(15-29)14-22-11-12-24(38-22)18-5-4-6-20(13-18)31(34)35/h4-14,16H,3H2,1-2H3,(H,30,32)/b19-14+. The summed E-state index contributed by atoms with van der Waals surface area (Å²) in [5.41, 5.74) is 1.55. The summed E-state index contributed by atoms with van der Waals surface area (Å²) in [6.07, 6.45) is 1.25. The molecule has 0 aliphatic carbocycles. The molecule has 39 heavy (non-hydrogen) atoms. The minimum Gasteiger partial charge on any atom is -0.497 e. The summed E-state index contributed by atoms with van der Waals surface area (Å²) >= 11 is 1.12. The Morgan fingerprint density at radius 2 is 1.92 bits per heavy atom. The lowest BCUT2D eigenvalue weighted by Crippen LogP contribution is -2.16. The Bertz CT molecular complexity index is 1610. The molecule has 0 aliphatic heterocycles. The fraction of sp³-hybridized carbons (Fsp3) is 0.107. The van der Waals surface area contributed by atoms with E-state index in [1.807, 2.05) is 6.07 Å². The molecule has 0 saturated carbocycles. The van der Waals surface area contributed by atoms with Gasteiger partial charge in [-0.25, -0.2) is 4.79 Å². The van der Waals surface area contributed by atoms with Crippen LogP contribution in [0.1, 0.15) is 23.0 Å². The number of nitro groups is 1. The molecule has 0 saturated heterocycles. The molecule has 2 aromatic carbocycles. The first-order chi connectivity index (χ1) is 18.8. The molecule has 1 N–H and O–H groups in total. The van der Waals surface area contributed by atoms with Gasteiger partial charge in [0.1, 0.15) is 39.5 Å². The Hall–Kier alpha value is -5.21. The quantitative estimate of drug-likeness (QED) is 0.0849. The van der Waals surface area contributed by atoms with Gasteiger partial charge < -0.3 is 19.2 Å². The number of nitrogens with one attached hydrogen (secondary N) is 1. The van der Waals surface area contributed by atoms with E-state index in [9.17, 15) is 25.0 Å². The van der Waals surface area contributed by atoms with Crippen molar-refractivity contribution in [1.82, 2.24) is 0 Å². The summed E-state index contributed by atoms with van der Waals surface area (Å²) in [5, 5.41) is 25.3. The van der Waals surface area contributed by atoms with E-state index >= 15 is 0 Å². The summed E-state index contributed by atoms with van der Waals surface area (Å²) < 4.78 is 16.1. The van der Waals surface area contributed by atoms with Crippen LogP contribution in [0.25, 0.3) is 28.5 Å². The molecule has 11 heteroatoms. The van der Waals surface area contributed by atoms with Crippen molar-refractivity contribution in [3.05, 3.63) is 93.1 Å². The maximum Gasteiger partial charge on any atom is 0.341 e. The van der Waals surface area contributed by atoms with Crippen LogP contribution < -0.4 is 10.1 Å². The smallest absolute Gasteiger partial charge is 0.341 e. The number of furan rings is 1. The number of hydrogen-bond acceptors (Lipinski definition) is 9. The van der Waals surface area contributed by atoms with Gasteiger partial charge in [-0.3, -0.25) is 14.9 Å². The second-order valence-corrected chi connectivity index (χ2v) is 8.82. The average Bonchev–Trinajstić information content (AvgIpc) is 3.59. The Labute approximate surface area is 226 Å². The number of ether oxygens (including phenoxy) is 2. The minimum absolute atomic E-state index is 0.0968. The van der Waals surface area contributed by atoms with Crippen LogP contribution in [-0.2, 0) is 9.53 Å². The highest BCUT2D eigenvalue weighted by atomic mass is 32.1. The van der Waals surface area contributed by atoms with Crippen molar-refractivity contribution in [3.63, 3.8) is 0 Å². The summed E-state index contributed by atoms with van der Waals surface area (Å²) in [6, 6.07) is 17.9. The molecule has 0 radical (unpaired) electrons. The van der Waals surface area contributed by atoms with Crippen LogP contribution in [0.2, 0.25) is 0 Å². The van der Waals surface area contributed by atoms with E-state index < -0.39 is 16.8 Å². The number of carbonyl (C=O) groups is 2. The normalized spacial score (nSPS) is 10.9. The van der Waals surface area contributed by atoms with Gasteiger partial charge in [0.2, 0.25) is 0 Å². The van der Waals surface area contributed by atoms with E-state index in [-0.39, 0.29) is 34.2 Å². The predicted octanol–water partition coefficient (Wildman–Crippen LogP) is 6.31. The molecular formula is C28H21N3O7S. The van der Waals surface area contributed by atoms with Crippen LogP contribution in [-0.4, -0.2) is 30.5 Å². The molecule has 1 amide bonds. The molecule has 0 unspecified atom stereocenters. The van der Waals surface area contributed by atoms with Crippen molar-refractivity contribution in [2.24, 2.45) is 0 Å². The van der Waals surface area contributed by atoms with Crippen LogP contribution in [0.15, 0.2) is 76.0 Å². The zero-order valence-corrected chi connectivity index (χ0v) is 21.6. The number of nitriles is 1. The molecule has 4 aromatic rings. The van der Waals surface area contributed by atoms with Gasteiger partial charge in [-0.15, -0.1) is 11.3 Å². The van der Waals surface area contributed by atoms with Crippen molar-refractivity contribution in [3.8, 4) is 34.3 Å². The Morgan fingerprint density at radius 1 is 1.15 bits per heavy atom. The molecule has 196 valence electrons. The topological polar surface area (TPSA) is 145 Å². The number of non-ortho nitro benzene ring substituents is 1. The van der Waals surface area contributed by atoms with E-state index in [2.05, 4.69) is 5.32 Å². The Balaban J connectivity index is 1.61. The first kappa shape index (κ1) is 26.8. The van der Waals surface area contributed by atoms with Crippen molar-refractivity contribution in [2.75, 3.05) is 19.0 Å². The van der Waals surface area contributed by atoms with Crippen LogP contribution in [0, 0.1) is 21.4 Å². The van der Waals surface area contributed by atoms with E-state index in [0.717, 1.165) is 16.9 Å². The number of hydrogen-bond donors (Lipinski definition) is 1. The zero-order valence-electron chi connectivity index (χ0n) is 20.8. The third kappa shape index (κ3) is 6.03. The third-order valence-electron chi connectivity index (χ3n) is 5.52. The number of nitro benzene ring substituents is 1. The maximum absolute atomic E-state index is 13.0. The lowest BCUT2D eigenvalue weighted by atomic mass is 10.0. The summed E-state index contributed by atoms with van der Waals surface area (Å²) in [5.74, 6) is -0.196. The number of carbonyl (C=O) groups excluding carboxylic acids is 2. The van der Waals surface area contributed by atoms with Gasteiger partial charge in [-0.1, -0.05) is 24.3 Å². The summed E-state index contributed by atoms with van der Waals surface area (Å²) in [6.45, 7) is 1.82. The first-order valence-corrected chi connectivity index (χ1v) is 12.4. The van der Waals surface area contributed by atoms with E-state index in [0.29, 0.717) is 22.6 Å². The molecule has 10 nitrogen and oxygen atoms in total. The lowest BCUT2D eigenvalue weighted by molar-refractivity contribution is -0.384. The fourth-order valence-electron chi connectivity index (χ4n) is 3.66. The fourth-order valence-corrected chi connectivity index (χ4v) is 4.61. The molecule has 0 atom stereocenters. The van der Waals surface area contributed by atoms with Crippen molar-refractivity contribution >= 4 is 40.0 Å². The molecule has 0 aliphatic rings. The van der Waals surface area contributed by atoms with E-state index in [4.69, 9.17) is 13.9 Å². The maximum atomic E-state index is 13.0. The number of benzene rings is 2. The van der Waals surface area contributed by atoms with Gasteiger partial charge in [0, 0.05) is 34.7 Å². The van der Waals surface area contributed by atoms with E-state index in [1.54, 1.807) is 55.8 Å². The molecule has 2 heterocycles. The van der Waals surface area contributed by atoms with Gasteiger partial charge >= 0.3 is 5.97 Å². The van der Waals surface area contributed by atoms with E-state index in [1.165, 1.54) is 30.3 Å². The van der Waals surface area contributed by atoms with Gasteiger partial charge in [0.25, 0.3) is 11.6 Å². The number of nitrogens with zero attached hydrogens (tertiary/aromatic N) is 2. The van der Waals surface area contributed by atoms with Crippen LogP contribution in [0.5, 0.6) is 5.75 Å². The summed E-state index contributed by atoms with van der Waals surface area (Å²) in [4.78, 5) is 36.4. The van der Waals surface area contributed by atoms with Gasteiger partial charge in [0.15, 0.2) is 0 Å². The van der Waals surface area contributed by atoms with Gasteiger partial charge in [-0.2, -0.15) is 5.26 Å². The summed E-state index contributed by atoms with van der Waals surface area (Å²) in [7, 11) is 1.55. The number of thiophene rings is 1. The first-order valence-electron chi connectivity index (χ1n) is 11.6. The number of amides is 1.